The van der Waals surface area contributed by atoms with E-state index in [1.54, 1.807) is 25.4 Å². The van der Waals surface area contributed by atoms with E-state index in [1.807, 2.05) is 51.6 Å². The van der Waals surface area contributed by atoms with Crippen LogP contribution < -0.4 is 10.2 Å². The molecule has 3 amide bonds. The normalized spacial score (nSPS) is 18.7. The summed E-state index contributed by atoms with van der Waals surface area (Å²) in [4.78, 5) is 47.5. The van der Waals surface area contributed by atoms with Crippen LogP contribution in [0.4, 0.5) is 5.69 Å². The van der Waals surface area contributed by atoms with Crippen molar-refractivity contribution in [2.45, 2.75) is 12.5 Å². The summed E-state index contributed by atoms with van der Waals surface area (Å²) in [6.45, 7) is 3.43. The third-order valence-corrected chi connectivity index (χ3v) is 7.46. The van der Waals surface area contributed by atoms with E-state index in [4.69, 9.17) is 0 Å². The molecule has 2 aliphatic rings. The minimum atomic E-state index is -0.118. The predicted octanol–water partition coefficient (Wildman–Crippen LogP) is 2.73. The first-order valence-corrected chi connectivity index (χ1v) is 12.6. The quantitative estimate of drug-likeness (QED) is 0.596. The SMILES string of the molecule is CNC(=O)c1ccc(-c2cccc(N3CC(N4CCN(C(=O)c5nccs5)CC4)CC3=O)c2)cc1. The van der Waals surface area contributed by atoms with Gasteiger partial charge in [-0.15, -0.1) is 11.3 Å². The van der Waals surface area contributed by atoms with Crippen LogP contribution in [0.1, 0.15) is 26.6 Å². The van der Waals surface area contributed by atoms with Crippen LogP contribution in [0.15, 0.2) is 60.1 Å². The molecule has 3 aromatic rings. The first-order chi connectivity index (χ1) is 17.0. The Morgan fingerprint density at radius 2 is 1.80 bits per heavy atom. The van der Waals surface area contributed by atoms with Crippen LogP contribution in [0, 0.1) is 0 Å². The molecule has 1 unspecified atom stereocenters. The van der Waals surface area contributed by atoms with Gasteiger partial charge in [-0.05, 0) is 35.4 Å². The molecule has 2 aliphatic heterocycles. The number of thiazole rings is 1. The molecule has 35 heavy (non-hydrogen) atoms. The maximum atomic E-state index is 12.9. The first kappa shape index (κ1) is 23.2. The highest BCUT2D eigenvalue weighted by atomic mass is 32.1. The lowest BCUT2D eigenvalue weighted by Crippen LogP contribution is -2.52. The van der Waals surface area contributed by atoms with Crippen molar-refractivity contribution in [3.63, 3.8) is 0 Å². The number of hydrogen-bond donors (Lipinski definition) is 1. The number of carbonyl (C=O) groups is 3. The van der Waals surface area contributed by atoms with Crippen LogP contribution in [-0.4, -0.2) is 78.3 Å². The lowest BCUT2D eigenvalue weighted by molar-refractivity contribution is -0.117. The summed E-state index contributed by atoms with van der Waals surface area (Å²) in [7, 11) is 1.61. The number of aromatic nitrogens is 1. The van der Waals surface area contributed by atoms with Gasteiger partial charge in [0.25, 0.3) is 11.8 Å². The van der Waals surface area contributed by atoms with Gasteiger partial charge in [0, 0.05) is 75.1 Å². The lowest BCUT2D eigenvalue weighted by atomic mass is 10.0. The van der Waals surface area contributed by atoms with Crippen LogP contribution in [0.3, 0.4) is 0 Å². The van der Waals surface area contributed by atoms with E-state index in [9.17, 15) is 14.4 Å². The second-order valence-corrected chi connectivity index (χ2v) is 9.63. The molecule has 5 rings (SSSR count). The van der Waals surface area contributed by atoms with Gasteiger partial charge in [-0.25, -0.2) is 4.98 Å². The number of nitrogens with one attached hydrogen (secondary N) is 1. The highest BCUT2D eigenvalue weighted by Gasteiger charge is 2.36. The van der Waals surface area contributed by atoms with E-state index in [0.29, 0.717) is 36.6 Å². The van der Waals surface area contributed by atoms with E-state index in [1.165, 1.54) is 11.3 Å². The first-order valence-electron chi connectivity index (χ1n) is 11.7. The Hall–Kier alpha value is -3.56. The Morgan fingerprint density at radius 1 is 1.03 bits per heavy atom. The Morgan fingerprint density at radius 3 is 2.49 bits per heavy atom. The Labute approximate surface area is 208 Å². The third kappa shape index (κ3) is 4.82. The summed E-state index contributed by atoms with van der Waals surface area (Å²) in [5.41, 5.74) is 3.47. The predicted molar refractivity (Wildman–Crippen MR) is 136 cm³/mol. The fourth-order valence-corrected chi connectivity index (χ4v) is 5.35. The molecule has 9 heteroatoms. The molecule has 180 valence electrons. The largest absolute Gasteiger partial charge is 0.355 e. The fraction of sp³-hybridized carbons (Fsp3) is 0.308. The number of benzene rings is 2. The number of amides is 3. The second kappa shape index (κ2) is 9.97. The summed E-state index contributed by atoms with van der Waals surface area (Å²) >= 11 is 1.37. The molecule has 1 aromatic heterocycles. The van der Waals surface area contributed by atoms with Gasteiger partial charge >= 0.3 is 0 Å². The molecule has 1 N–H and O–H groups in total. The van der Waals surface area contributed by atoms with Gasteiger partial charge in [-0.2, -0.15) is 0 Å². The number of nitrogens with zero attached hydrogens (tertiary/aromatic N) is 4. The average Bonchev–Trinajstić information content (AvgIpc) is 3.58. The topological polar surface area (TPSA) is 85.8 Å². The Balaban J connectivity index is 1.23. The molecule has 0 aliphatic carbocycles. The van der Waals surface area contributed by atoms with Gasteiger partial charge in [0.1, 0.15) is 0 Å². The van der Waals surface area contributed by atoms with Gasteiger partial charge in [-0.3, -0.25) is 19.3 Å². The average molecular weight is 490 g/mol. The minimum Gasteiger partial charge on any atom is -0.355 e. The highest BCUT2D eigenvalue weighted by molar-refractivity contribution is 7.11. The van der Waals surface area contributed by atoms with Gasteiger partial charge < -0.3 is 15.1 Å². The summed E-state index contributed by atoms with van der Waals surface area (Å²) in [5, 5.41) is 4.98. The monoisotopic (exact) mass is 489 g/mol. The van der Waals surface area contributed by atoms with Crippen molar-refractivity contribution >= 4 is 34.7 Å². The molecule has 0 saturated carbocycles. The van der Waals surface area contributed by atoms with Crippen LogP contribution in [-0.2, 0) is 4.79 Å². The number of hydrogen-bond acceptors (Lipinski definition) is 6. The maximum absolute atomic E-state index is 12.9. The Bertz CT molecular complexity index is 1220. The second-order valence-electron chi connectivity index (χ2n) is 8.73. The molecule has 2 aromatic carbocycles. The van der Waals surface area contributed by atoms with E-state index in [-0.39, 0.29) is 23.8 Å². The zero-order chi connectivity index (χ0) is 24.4. The molecule has 1 atom stereocenters. The zero-order valence-corrected chi connectivity index (χ0v) is 20.3. The van der Waals surface area contributed by atoms with Crippen molar-refractivity contribution in [1.29, 1.82) is 0 Å². The summed E-state index contributed by atoms with van der Waals surface area (Å²) in [5.74, 6) is -0.0141. The zero-order valence-electron chi connectivity index (χ0n) is 19.5. The maximum Gasteiger partial charge on any atom is 0.282 e. The molecule has 3 heterocycles. The molecule has 8 nitrogen and oxygen atoms in total. The molecule has 0 bridgehead atoms. The highest BCUT2D eigenvalue weighted by Crippen LogP contribution is 2.29. The molecule has 0 spiro atoms. The van der Waals surface area contributed by atoms with Gasteiger partial charge in [0.2, 0.25) is 5.91 Å². The number of piperazine rings is 1. The van der Waals surface area contributed by atoms with Crippen LogP contribution in [0.25, 0.3) is 11.1 Å². The molecular formula is C26H27N5O3S. The summed E-state index contributed by atoms with van der Waals surface area (Å²) < 4.78 is 0. The smallest absolute Gasteiger partial charge is 0.282 e. The van der Waals surface area contributed by atoms with Crippen molar-refractivity contribution in [3.05, 3.63) is 70.7 Å². The van der Waals surface area contributed by atoms with Gasteiger partial charge in [0.05, 0.1) is 0 Å². The van der Waals surface area contributed by atoms with E-state index in [2.05, 4.69) is 15.2 Å². The lowest BCUT2D eigenvalue weighted by Gasteiger charge is -2.37. The molecule has 0 radical (unpaired) electrons. The van der Waals surface area contributed by atoms with E-state index >= 15 is 0 Å². The third-order valence-electron chi connectivity index (χ3n) is 6.70. The van der Waals surface area contributed by atoms with Crippen LogP contribution >= 0.6 is 11.3 Å². The number of rotatable bonds is 5. The number of anilines is 1. The Kier molecular flexibility index (Phi) is 6.61. The molecule has 2 fully saturated rings. The summed E-state index contributed by atoms with van der Waals surface area (Å²) in [6, 6.07) is 15.5. The van der Waals surface area contributed by atoms with Crippen LogP contribution in [0.5, 0.6) is 0 Å². The minimum absolute atomic E-state index is 0.0102. The van der Waals surface area contributed by atoms with Crippen molar-refractivity contribution in [2.75, 3.05) is 44.7 Å². The van der Waals surface area contributed by atoms with E-state index in [0.717, 1.165) is 29.9 Å². The van der Waals surface area contributed by atoms with Crippen LogP contribution in [0.2, 0.25) is 0 Å². The fourth-order valence-electron chi connectivity index (χ4n) is 4.75. The van der Waals surface area contributed by atoms with Crippen molar-refractivity contribution in [3.8, 4) is 11.1 Å². The van der Waals surface area contributed by atoms with Gasteiger partial charge in [0.15, 0.2) is 5.01 Å². The van der Waals surface area contributed by atoms with Crippen molar-refractivity contribution in [2.24, 2.45) is 0 Å². The summed E-state index contributed by atoms with van der Waals surface area (Å²) in [6.07, 6.45) is 2.13. The number of carbonyl (C=O) groups excluding carboxylic acids is 3. The van der Waals surface area contributed by atoms with E-state index < -0.39 is 0 Å². The molecule has 2 saturated heterocycles. The van der Waals surface area contributed by atoms with Crippen molar-refractivity contribution < 1.29 is 14.4 Å². The molecular weight excluding hydrogens is 462 g/mol. The van der Waals surface area contributed by atoms with Gasteiger partial charge in [-0.1, -0.05) is 24.3 Å². The van der Waals surface area contributed by atoms with Crippen molar-refractivity contribution in [1.82, 2.24) is 20.1 Å². The standard InChI is InChI=1S/C26H27N5O3S/c1-27-24(33)19-7-5-18(6-8-19)20-3-2-4-21(15-20)31-17-22(16-23(31)32)29-10-12-30(13-11-29)26(34)25-28-9-14-35-25/h2-9,14-15,22H,10-13,16-17H2,1H3,(H,27,33).